The van der Waals surface area contributed by atoms with E-state index < -0.39 is 5.92 Å². The standard InChI is InChI=1S/C24H22ClF2N5O/c1-14-8-18(11-29-22(14)15-4-6-24(26,27)7-5-15)32-13-16(10-30-32)23(33)31-21-12-28-20-3-2-17(25)9-19(20)21/h2-3,8-13,15,28H,4-7H2,1H3,(H,31,33). The molecule has 1 fully saturated rings. The lowest BCUT2D eigenvalue weighted by Gasteiger charge is -2.28. The highest BCUT2D eigenvalue weighted by atomic mass is 35.5. The number of aromatic nitrogens is 4. The fraction of sp³-hybridized carbons (Fsp3) is 0.292. The van der Waals surface area contributed by atoms with Crippen molar-refractivity contribution in [2.45, 2.75) is 44.4 Å². The van der Waals surface area contributed by atoms with Gasteiger partial charge in [-0.15, -0.1) is 0 Å². The van der Waals surface area contributed by atoms with E-state index in [1.54, 1.807) is 35.4 Å². The summed E-state index contributed by atoms with van der Waals surface area (Å²) in [4.78, 5) is 20.4. The Labute approximate surface area is 194 Å². The molecule has 0 saturated heterocycles. The van der Waals surface area contributed by atoms with Gasteiger partial charge in [0.25, 0.3) is 5.91 Å². The molecule has 0 unspecified atom stereocenters. The lowest BCUT2D eigenvalue weighted by atomic mass is 9.83. The monoisotopic (exact) mass is 469 g/mol. The molecule has 4 aromatic rings. The summed E-state index contributed by atoms with van der Waals surface area (Å²) in [5.74, 6) is -2.82. The zero-order valence-corrected chi connectivity index (χ0v) is 18.7. The van der Waals surface area contributed by atoms with Crippen LogP contribution in [0.15, 0.2) is 49.1 Å². The molecule has 1 aromatic carbocycles. The molecule has 33 heavy (non-hydrogen) atoms. The molecule has 0 atom stereocenters. The number of aromatic amines is 1. The number of rotatable bonds is 4. The first-order valence-corrected chi connectivity index (χ1v) is 11.1. The number of H-pyrrole nitrogens is 1. The molecule has 9 heteroatoms. The van der Waals surface area contributed by atoms with Crippen LogP contribution in [0.3, 0.4) is 0 Å². The number of nitrogens with zero attached hydrogens (tertiary/aromatic N) is 3. The fourth-order valence-corrected chi connectivity index (χ4v) is 4.58. The minimum atomic E-state index is -2.56. The van der Waals surface area contributed by atoms with Crippen LogP contribution in [0.5, 0.6) is 0 Å². The molecule has 0 spiro atoms. The molecular weight excluding hydrogens is 448 g/mol. The van der Waals surface area contributed by atoms with Crippen LogP contribution < -0.4 is 5.32 Å². The molecule has 3 heterocycles. The Balaban J connectivity index is 1.32. The van der Waals surface area contributed by atoms with Crippen LogP contribution in [-0.2, 0) is 0 Å². The van der Waals surface area contributed by atoms with Gasteiger partial charge in [0.05, 0.1) is 29.3 Å². The third-order valence-electron chi connectivity index (χ3n) is 6.21. The molecule has 6 nitrogen and oxygen atoms in total. The molecule has 0 radical (unpaired) electrons. The van der Waals surface area contributed by atoms with Gasteiger partial charge >= 0.3 is 0 Å². The summed E-state index contributed by atoms with van der Waals surface area (Å²) in [5.41, 5.74) is 4.38. The molecule has 1 aliphatic carbocycles. The summed E-state index contributed by atoms with van der Waals surface area (Å²) < 4.78 is 28.6. The van der Waals surface area contributed by atoms with Gasteiger partial charge in [-0.25, -0.2) is 13.5 Å². The molecule has 2 N–H and O–H groups in total. The largest absolute Gasteiger partial charge is 0.359 e. The predicted molar refractivity (Wildman–Crippen MR) is 124 cm³/mol. The number of halogens is 3. The van der Waals surface area contributed by atoms with Gasteiger partial charge in [0.15, 0.2) is 0 Å². The fourth-order valence-electron chi connectivity index (χ4n) is 4.41. The first kappa shape index (κ1) is 21.6. The summed E-state index contributed by atoms with van der Waals surface area (Å²) in [6, 6.07) is 7.34. The molecule has 5 rings (SSSR count). The molecule has 1 aliphatic rings. The van der Waals surface area contributed by atoms with E-state index in [4.69, 9.17) is 11.6 Å². The maximum absolute atomic E-state index is 13.5. The molecule has 170 valence electrons. The molecule has 3 aromatic heterocycles. The summed E-state index contributed by atoms with van der Waals surface area (Å²) in [7, 11) is 0. The summed E-state index contributed by atoms with van der Waals surface area (Å²) >= 11 is 6.08. The van der Waals surface area contributed by atoms with Crippen molar-refractivity contribution in [3.8, 4) is 5.69 Å². The third kappa shape index (κ3) is 4.35. The van der Waals surface area contributed by atoms with E-state index in [1.807, 2.05) is 19.1 Å². The molecular formula is C24H22ClF2N5O. The van der Waals surface area contributed by atoms with Crippen molar-refractivity contribution >= 4 is 34.1 Å². The number of pyridine rings is 1. The van der Waals surface area contributed by atoms with E-state index in [-0.39, 0.29) is 24.7 Å². The van der Waals surface area contributed by atoms with Crippen molar-refractivity contribution in [1.82, 2.24) is 19.7 Å². The summed E-state index contributed by atoms with van der Waals surface area (Å²) in [6.45, 7) is 1.93. The lowest BCUT2D eigenvalue weighted by Crippen LogP contribution is -2.24. The lowest BCUT2D eigenvalue weighted by molar-refractivity contribution is -0.0385. The normalized spacial score (nSPS) is 16.2. The van der Waals surface area contributed by atoms with Crippen LogP contribution in [0.1, 0.15) is 53.2 Å². The molecule has 1 saturated carbocycles. The number of nitrogens with one attached hydrogen (secondary N) is 2. The zero-order chi connectivity index (χ0) is 23.2. The van der Waals surface area contributed by atoms with Crippen molar-refractivity contribution in [2.75, 3.05) is 5.32 Å². The van der Waals surface area contributed by atoms with Gasteiger partial charge in [-0.1, -0.05) is 11.6 Å². The van der Waals surface area contributed by atoms with Crippen molar-refractivity contribution in [3.63, 3.8) is 0 Å². The topological polar surface area (TPSA) is 75.6 Å². The SMILES string of the molecule is Cc1cc(-n2cc(C(=O)Nc3c[nH]c4ccc(Cl)cc34)cn2)cnc1C1CCC(F)(F)CC1. The third-order valence-corrected chi connectivity index (χ3v) is 6.44. The average Bonchev–Trinajstić information content (AvgIpc) is 3.42. The number of hydrogen-bond donors (Lipinski definition) is 2. The molecule has 0 aliphatic heterocycles. The highest BCUT2D eigenvalue weighted by molar-refractivity contribution is 6.31. The number of carbonyl (C=O) groups is 1. The summed E-state index contributed by atoms with van der Waals surface area (Å²) in [6.07, 6.45) is 7.19. The smallest absolute Gasteiger partial charge is 0.258 e. The van der Waals surface area contributed by atoms with E-state index in [1.165, 1.54) is 6.20 Å². The van der Waals surface area contributed by atoms with Crippen LogP contribution in [0.4, 0.5) is 14.5 Å². The maximum Gasteiger partial charge on any atom is 0.258 e. The maximum atomic E-state index is 13.5. The van der Waals surface area contributed by atoms with E-state index in [2.05, 4.69) is 20.4 Å². The van der Waals surface area contributed by atoms with E-state index in [0.29, 0.717) is 34.8 Å². The van der Waals surface area contributed by atoms with Crippen LogP contribution in [0.25, 0.3) is 16.6 Å². The van der Waals surface area contributed by atoms with Crippen molar-refractivity contribution in [3.05, 3.63) is 70.9 Å². The van der Waals surface area contributed by atoms with Crippen molar-refractivity contribution < 1.29 is 13.6 Å². The highest BCUT2D eigenvalue weighted by Gasteiger charge is 2.36. The predicted octanol–water partition coefficient (Wildman–Crippen LogP) is 6.26. The number of benzene rings is 1. The average molecular weight is 470 g/mol. The van der Waals surface area contributed by atoms with Crippen LogP contribution in [0, 0.1) is 6.92 Å². The minimum absolute atomic E-state index is 0.0438. The quantitative estimate of drug-likeness (QED) is 0.370. The van der Waals surface area contributed by atoms with Gasteiger partial charge in [-0.2, -0.15) is 5.10 Å². The van der Waals surface area contributed by atoms with Crippen molar-refractivity contribution in [1.29, 1.82) is 0 Å². The second kappa shape index (κ2) is 8.26. The Bertz CT molecular complexity index is 1340. The minimum Gasteiger partial charge on any atom is -0.359 e. The number of amides is 1. The van der Waals surface area contributed by atoms with Gasteiger partial charge in [0, 0.05) is 52.8 Å². The van der Waals surface area contributed by atoms with E-state index >= 15 is 0 Å². The Morgan fingerprint density at radius 1 is 1.24 bits per heavy atom. The zero-order valence-electron chi connectivity index (χ0n) is 17.9. The number of anilines is 1. The number of carbonyl (C=O) groups excluding carboxylic acids is 1. The first-order chi connectivity index (χ1) is 15.8. The van der Waals surface area contributed by atoms with E-state index in [0.717, 1.165) is 22.2 Å². The molecule has 0 bridgehead atoms. The van der Waals surface area contributed by atoms with Crippen molar-refractivity contribution in [2.24, 2.45) is 0 Å². The first-order valence-electron chi connectivity index (χ1n) is 10.8. The van der Waals surface area contributed by atoms with Gasteiger partial charge in [-0.3, -0.25) is 9.78 Å². The number of alkyl halides is 2. The Hall–Kier alpha value is -3.26. The van der Waals surface area contributed by atoms with Crippen LogP contribution >= 0.6 is 11.6 Å². The number of hydrogen-bond acceptors (Lipinski definition) is 3. The second-order valence-corrected chi connectivity index (χ2v) is 8.98. The Morgan fingerprint density at radius 2 is 2.03 bits per heavy atom. The van der Waals surface area contributed by atoms with Crippen LogP contribution in [-0.4, -0.2) is 31.6 Å². The van der Waals surface area contributed by atoms with Crippen LogP contribution in [0.2, 0.25) is 5.02 Å². The molecule has 1 amide bonds. The second-order valence-electron chi connectivity index (χ2n) is 8.55. The number of fused-ring (bicyclic) bond motifs is 1. The van der Waals surface area contributed by atoms with Gasteiger partial charge < -0.3 is 10.3 Å². The Kier molecular flexibility index (Phi) is 5.40. The van der Waals surface area contributed by atoms with E-state index in [9.17, 15) is 13.6 Å². The Morgan fingerprint density at radius 3 is 2.79 bits per heavy atom. The van der Waals surface area contributed by atoms with Gasteiger partial charge in [0.2, 0.25) is 5.92 Å². The van der Waals surface area contributed by atoms with Gasteiger partial charge in [0.1, 0.15) is 0 Å². The van der Waals surface area contributed by atoms with Gasteiger partial charge in [-0.05, 0) is 49.6 Å². The summed E-state index contributed by atoms with van der Waals surface area (Å²) in [5, 5.41) is 8.59. The number of aryl methyl sites for hydroxylation is 1. The highest BCUT2D eigenvalue weighted by Crippen LogP contribution is 2.41.